The molecule has 8 nitrogen and oxygen atoms in total. The Kier molecular flexibility index (Phi) is 7.08. The van der Waals surface area contributed by atoms with Crippen LogP contribution in [0.3, 0.4) is 0 Å². The van der Waals surface area contributed by atoms with Gasteiger partial charge in [-0.25, -0.2) is 27.8 Å². The highest BCUT2D eigenvalue weighted by molar-refractivity contribution is 6.31. The van der Waals surface area contributed by atoms with Crippen LogP contribution in [0.2, 0.25) is 5.02 Å². The molecule has 1 aliphatic heterocycles. The van der Waals surface area contributed by atoms with Gasteiger partial charge in [0, 0.05) is 44.7 Å². The molecule has 0 bridgehead atoms. The lowest BCUT2D eigenvalue weighted by Gasteiger charge is -2.19. The first-order valence-corrected chi connectivity index (χ1v) is 12.9. The van der Waals surface area contributed by atoms with Crippen molar-refractivity contribution in [2.24, 2.45) is 0 Å². The second-order valence-corrected chi connectivity index (χ2v) is 10.0. The molecule has 2 amide bonds. The highest BCUT2D eigenvalue weighted by Crippen LogP contribution is 2.42. The molecular weight excluding hydrogens is 614 g/mol. The maximum Gasteiger partial charge on any atom is 0.416 e. The fourth-order valence-electron chi connectivity index (χ4n) is 4.76. The Morgan fingerprint density at radius 2 is 1.66 bits per heavy atom. The first kappa shape index (κ1) is 28.9. The summed E-state index contributed by atoms with van der Waals surface area (Å²) in [6.45, 7) is 0. The molecule has 1 atom stereocenters. The first-order chi connectivity index (χ1) is 20.9. The smallest absolute Gasteiger partial charge is 0.341 e. The number of rotatable bonds is 5. The molecule has 5 aromatic rings. The van der Waals surface area contributed by atoms with E-state index in [2.05, 4.69) is 25.7 Å². The fraction of sp³-hybridized carbons (Fsp3) is 0.0690. The number of aromatic nitrogens is 4. The van der Waals surface area contributed by atoms with Gasteiger partial charge in [0.2, 0.25) is 0 Å². The monoisotopic (exact) mass is 628 g/mol. The second kappa shape index (κ2) is 10.8. The lowest BCUT2D eigenvalue weighted by atomic mass is 9.93. The Morgan fingerprint density at radius 3 is 2.39 bits per heavy atom. The number of carbonyl (C=O) groups is 2. The second-order valence-electron chi connectivity index (χ2n) is 9.61. The number of hydrogen-bond acceptors (Lipinski definition) is 5. The minimum atomic E-state index is -4.93. The van der Waals surface area contributed by atoms with Gasteiger partial charge in [0.25, 0.3) is 17.8 Å². The van der Waals surface area contributed by atoms with E-state index in [1.54, 1.807) is 0 Å². The van der Waals surface area contributed by atoms with Gasteiger partial charge in [0.1, 0.15) is 11.6 Å². The summed E-state index contributed by atoms with van der Waals surface area (Å²) in [5.74, 6) is -4.34. The van der Waals surface area contributed by atoms with Crippen LogP contribution in [-0.4, -0.2) is 31.6 Å². The van der Waals surface area contributed by atoms with Crippen LogP contribution in [0.25, 0.3) is 17.1 Å². The lowest BCUT2D eigenvalue weighted by Crippen LogP contribution is -2.21. The van der Waals surface area contributed by atoms with Gasteiger partial charge in [0.05, 0.1) is 30.2 Å². The Labute approximate surface area is 248 Å². The number of nitrogens with zero attached hydrogens (tertiary/aromatic N) is 4. The van der Waals surface area contributed by atoms with Crippen LogP contribution in [0.15, 0.2) is 73.3 Å². The first-order valence-electron chi connectivity index (χ1n) is 12.5. The normalized spacial score (nSPS) is 14.3. The lowest BCUT2D eigenvalue weighted by molar-refractivity contribution is -0.137. The van der Waals surface area contributed by atoms with Crippen molar-refractivity contribution in [2.45, 2.75) is 12.2 Å². The molecule has 3 aromatic carbocycles. The number of carbonyl (C=O) groups excluding carboxylic acids is 2. The van der Waals surface area contributed by atoms with Crippen LogP contribution in [-0.2, 0) is 6.18 Å². The third-order valence-electron chi connectivity index (χ3n) is 6.72. The molecule has 0 aliphatic carbocycles. The average molecular weight is 629 g/mol. The number of nitrogens with one attached hydrogen (secondary N) is 2. The molecule has 0 spiro atoms. The van der Waals surface area contributed by atoms with Gasteiger partial charge in [-0.05, 0) is 54.1 Å². The summed E-state index contributed by atoms with van der Waals surface area (Å²) in [6.07, 6.45) is -0.231. The van der Waals surface area contributed by atoms with E-state index in [-0.39, 0.29) is 39.4 Å². The summed E-state index contributed by atoms with van der Waals surface area (Å²) >= 11 is 6.32. The highest BCUT2D eigenvalue weighted by atomic mass is 35.5. The minimum absolute atomic E-state index is 0.0254. The quantitative estimate of drug-likeness (QED) is 0.216. The molecule has 3 heterocycles. The summed E-state index contributed by atoms with van der Waals surface area (Å²) in [6, 6.07) is 6.65. The van der Waals surface area contributed by atoms with Crippen LogP contribution in [0.5, 0.6) is 0 Å². The van der Waals surface area contributed by atoms with Gasteiger partial charge in [-0.15, -0.1) is 0 Å². The van der Waals surface area contributed by atoms with Crippen molar-refractivity contribution in [1.82, 2.24) is 25.1 Å². The predicted octanol–water partition coefficient (Wildman–Crippen LogP) is 6.50. The molecule has 6 rings (SSSR count). The zero-order valence-electron chi connectivity index (χ0n) is 21.8. The molecule has 2 N–H and O–H groups in total. The number of benzene rings is 3. The Hall–Kier alpha value is -5.24. The fourth-order valence-corrected chi connectivity index (χ4v) is 4.98. The van der Waals surface area contributed by atoms with E-state index < -0.39 is 52.6 Å². The van der Waals surface area contributed by atoms with Crippen molar-refractivity contribution < 1.29 is 35.9 Å². The SMILES string of the molecule is O=C(Nc1cc(-c2cnn(-c3ncc(F)cn3)c2)cc2c1C(c1cc(F)ccc1Cl)NC2=O)c1cc(F)cc(C(F)(F)F)c1. The van der Waals surface area contributed by atoms with Crippen molar-refractivity contribution in [2.75, 3.05) is 5.32 Å². The summed E-state index contributed by atoms with van der Waals surface area (Å²) in [5.41, 5.74) is -1.08. The van der Waals surface area contributed by atoms with Crippen LogP contribution in [0.1, 0.15) is 43.4 Å². The molecular formula is C29H15ClF6N6O2. The van der Waals surface area contributed by atoms with Crippen molar-refractivity contribution in [3.05, 3.63) is 124 Å². The third-order valence-corrected chi connectivity index (χ3v) is 7.07. The van der Waals surface area contributed by atoms with E-state index in [1.807, 2.05) is 0 Å². The van der Waals surface area contributed by atoms with Crippen molar-refractivity contribution in [1.29, 1.82) is 0 Å². The molecule has 0 radical (unpaired) electrons. The van der Waals surface area contributed by atoms with Crippen molar-refractivity contribution in [3.63, 3.8) is 0 Å². The molecule has 44 heavy (non-hydrogen) atoms. The van der Waals surface area contributed by atoms with E-state index in [4.69, 9.17) is 11.6 Å². The number of fused-ring (bicyclic) bond motifs is 1. The van der Waals surface area contributed by atoms with Gasteiger partial charge in [-0.2, -0.15) is 18.3 Å². The third kappa shape index (κ3) is 5.46. The largest absolute Gasteiger partial charge is 0.416 e. The van der Waals surface area contributed by atoms with Crippen LogP contribution < -0.4 is 10.6 Å². The maximum atomic E-state index is 14.2. The predicted molar refractivity (Wildman–Crippen MR) is 145 cm³/mol. The summed E-state index contributed by atoms with van der Waals surface area (Å²) < 4.78 is 82.8. The van der Waals surface area contributed by atoms with Gasteiger partial charge >= 0.3 is 6.18 Å². The van der Waals surface area contributed by atoms with E-state index in [0.29, 0.717) is 23.3 Å². The van der Waals surface area contributed by atoms with Gasteiger partial charge in [-0.1, -0.05) is 11.6 Å². The molecule has 2 aromatic heterocycles. The van der Waals surface area contributed by atoms with Crippen LogP contribution in [0.4, 0.5) is 32.0 Å². The number of anilines is 1. The molecule has 0 saturated carbocycles. The van der Waals surface area contributed by atoms with E-state index in [0.717, 1.165) is 24.5 Å². The van der Waals surface area contributed by atoms with Crippen molar-refractivity contribution in [3.8, 4) is 17.1 Å². The Balaban J connectivity index is 1.48. The number of amides is 2. The molecule has 1 unspecified atom stereocenters. The van der Waals surface area contributed by atoms with Gasteiger partial charge < -0.3 is 10.6 Å². The van der Waals surface area contributed by atoms with E-state index in [1.165, 1.54) is 35.3 Å². The van der Waals surface area contributed by atoms with Gasteiger partial charge in [0.15, 0.2) is 5.82 Å². The van der Waals surface area contributed by atoms with Crippen LogP contribution in [0, 0.1) is 17.5 Å². The molecule has 0 fully saturated rings. The Morgan fingerprint density at radius 1 is 0.909 bits per heavy atom. The average Bonchev–Trinajstić information content (AvgIpc) is 3.59. The van der Waals surface area contributed by atoms with E-state index >= 15 is 0 Å². The zero-order chi connectivity index (χ0) is 31.3. The Bertz CT molecular complexity index is 1960. The highest BCUT2D eigenvalue weighted by Gasteiger charge is 2.36. The molecule has 222 valence electrons. The summed E-state index contributed by atoms with van der Waals surface area (Å²) in [4.78, 5) is 34.1. The summed E-state index contributed by atoms with van der Waals surface area (Å²) in [5, 5.41) is 9.39. The van der Waals surface area contributed by atoms with E-state index in [9.17, 15) is 35.9 Å². The minimum Gasteiger partial charge on any atom is -0.341 e. The summed E-state index contributed by atoms with van der Waals surface area (Å²) in [7, 11) is 0. The zero-order valence-corrected chi connectivity index (χ0v) is 22.5. The van der Waals surface area contributed by atoms with Crippen molar-refractivity contribution >= 4 is 29.1 Å². The number of alkyl halides is 3. The molecule has 15 heteroatoms. The van der Waals surface area contributed by atoms with Gasteiger partial charge in [-0.3, -0.25) is 9.59 Å². The maximum absolute atomic E-state index is 14.2. The topological polar surface area (TPSA) is 102 Å². The standard InChI is InChI=1S/C29H15ClF6N6O2/c30-22-2-1-17(31)8-20(22)25-24-21(27(44)41-25)5-13(15-9-39-42(12-15)28-37-10-19(33)11-38-28)6-23(24)40-26(43)14-3-16(29(34,35)36)7-18(32)4-14/h1-12,25H,(H,40,43)(H,41,44). The molecule has 0 saturated heterocycles. The number of halogens is 7. The molecule has 1 aliphatic rings. The number of hydrogen-bond donors (Lipinski definition) is 2. The van der Waals surface area contributed by atoms with Crippen LogP contribution >= 0.6 is 11.6 Å².